The predicted octanol–water partition coefficient (Wildman–Crippen LogP) is 4.12. The molecule has 1 aromatic carbocycles. The highest BCUT2D eigenvalue weighted by Crippen LogP contribution is 2.32. The van der Waals surface area contributed by atoms with Gasteiger partial charge in [0.2, 0.25) is 5.91 Å². The highest BCUT2D eigenvalue weighted by atomic mass is 35.5. The molecule has 0 radical (unpaired) electrons. The standard InChI is InChI=1S/C11H10Cl2F3NO/c1-6(18)17-10(5-11(14,15)16)7-2-8(12)4-9(13)3-7/h2-4,10H,5H2,1H3,(H,17,18). The molecule has 0 fully saturated rings. The van der Waals surface area contributed by atoms with Crippen LogP contribution in [0.4, 0.5) is 13.2 Å². The number of carbonyl (C=O) groups is 1. The molecule has 0 aliphatic rings. The van der Waals surface area contributed by atoms with Gasteiger partial charge in [-0.25, -0.2) is 0 Å². The summed E-state index contributed by atoms with van der Waals surface area (Å²) in [5.74, 6) is -0.555. The molecule has 7 heteroatoms. The first kappa shape index (κ1) is 15.1. The SMILES string of the molecule is CC(=O)NC(CC(F)(F)F)c1cc(Cl)cc(Cl)c1. The van der Waals surface area contributed by atoms with Gasteiger partial charge in [-0.15, -0.1) is 0 Å². The van der Waals surface area contributed by atoms with E-state index in [2.05, 4.69) is 5.32 Å². The van der Waals surface area contributed by atoms with Crippen LogP contribution in [0.2, 0.25) is 10.0 Å². The zero-order chi connectivity index (χ0) is 13.9. The van der Waals surface area contributed by atoms with E-state index in [1.165, 1.54) is 18.2 Å². The molecule has 1 N–H and O–H groups in total. The lowest BCUT2D eigenvalue weighted by Crippen LogP contribution is -2.30. The molecule has 1 unspecified atom stereocenters. The van der Waals surface area contributed by atoms with Gasteiger partial charge in [0.05, 0.1) is 12.5 Å². The molecule has 100 valence electrons. The van der Waals surface area contributed by atoms with Gasteiger partial charge in [0.1, 0.15) is 0 Å². The van der Waals surface area contributed by atoms with Crippen LogP contribution < -0.4 is 5.32 Å². The zero-order valence-corrected chi connectivity index (χ0v) is 10.8. The van der Waals surface area contributed by atoms with Crippen LogP contribution >= 0.6 is 23.2 Å². The predicted molar refractivity (Wildman–Crippen MR) is 63.7 cm³/mol. The lowest BCUT2D eigenvalue weighted by molar-refractivity contribution is -0.142. The Morgan fingerprint density at radius 3 is 2.17 bits per heavy atom. The number of halogens is 5. The molecule has 1 amide bonds. The van der Waals surface area contributed by atoms with Gasteiger partial charge in [-0.05, 0) is 23.8 Å². The van der Waals surface area contributed by atoms with E-state index in [9.17, 15) is 18.0 Å². The van der Waals surface area contributed by atoms with E-state index in [1.54, 1.807) is 0 Å². The summed E-state index contributed by atoms with van der Waals surface area (Å²) >= 11 is 11.4. The van der Waals surface area contributed by atoms with Crippen LogP contribution in [0.1, 0.15) is 24.9 Å². The highest BCUT2D eigenvalue weighted by molar-refractivity contribution is 6.34. The van der Waals surface area contributed by atoms with Crippen LogP contribution in [0, 0.1) is 0 Å². The van der Waals surface area contributed by atoms with Crippen molar-refractivity contribution < 1.29 is 18.0 Å². The van der Waals surface area contributed by atoms with Gasteiger partial charge in [0.25, 0.3) is 0 Å². The maximum absolute atomic E-state index is 12.4. The summed E-state index contributed by atoms with van der Waals surface area (Å²) in [7, 11) is 0. The molecule has 0 spiro atoms. The summed E-state index contributed by atoms with van der Waals surface area (Å²) in [5, 5.41) is 2.67. The van der Waals surface area contributed by atoms with Gasteiger partial charge in [-0.1, -0.05) is 23.2 Å². The van der Waals surface area contributed by atoms with Crippen LogP contribution in [-0.4, -0.2) is 12.1 Å². The van der Waals surface area contributed by atoms with Gasteiger partial charge in [-0.2, -0.15) is 13.2 Å². The number of alkyl halides is 3. The Balaban J connectivity index is 3.04. The summed E-state index contributed by atoms with van der Waals surface area (Å²) in [4.78, 5) is 10.9. The molecule has 1 aromatic rings. The summed E-state index contributed by atoms with van der Waals surface area (Å²) in [6.07, 6.45) is -5.58. The summed E-state index contributed by atoms with van der Waals surface area (Å²) in [6, 6.07) is 2.91. The van der Waals surface area contributed by atoms with E-state index < -0.39 is 24.5 Å². The Morgan fingerprint density at radius 2 is 1.78 bits per heavy atom. The van der Waals surface area contributed by atoms with Crippen LogP contribution in [0.25, 0.3) is 0 Å². The first-order chi connectivity index (χ1) is 8.17. The Hall–Kier alpha value is -0.940. The number of hydrogen-bond acceptors (Lipinski definition) is 1. The van der Waals surface area contributed by atoms with Gasteiger partial charge in [0, 0.05) is 17.0 Å². The van der Waals surface area contributed by atoms with E-state index in [4.69, 9.17) is 23.2 Å². The normalized spacial score (nSPS) is 13.2. The van der Waals surface area contributed by atoms with Crippen LogP contribution in [0.15, 0.2) is 18.2 Å². The fourth-order valence-corrected chi connectivity index (χ4v) is 2.05. The molecule has 1 rings (SSSR count). The summed E-state index contributed by atoms with van der Waals surface area (Å²) in [6.45, 7) is 1.15. The minimum absolute atomic E-state index is 0.218. The van der Waals surface area contributed by atoms with Crippen molar-refractivity contribution in [2.45, 2.75) is 25.6 Å². The van der Waals surface area contributed by atoms with Crippen molar-refractivity contribution in [2.24, 2.45) is 0 Å². The molecule has 0 aliphatic carbocycles. The van der Waals surface area contributed by atoms with Crippen molar-refractivity contribution in [1.29, 1.82) is 0 Å². The highest BCUT2D eigenvalue weighted by Gasteiger charge is 2.33. The van der Waals surface area contributed by atoms with Gasteiger partial charge in [0.15, 0.2) is 0 Å². The third-order valence-corrected chi connectivity index (χ3v) is 2.54. The van der Waals surface area contributed by atoms with E-state index in [0.29, 0.717) is 0 Å². The molecule has 0 heterocycles. The Labute approximate surface area is 112 Å². The van der Waals surface area contributed by atoms with Crippen LogP contribution in [-0.2, 0) is 4.79 Å². The maximum atomic E-state index is 12.4. The molecule has 1 atom stereocenters. The third-order valence-electron chi connectivity index (χ3n) is 2.10. The average molecular weight is 300 g/mol. The molecular formula is C11H10Cl2F3NO. The molecule has 0 aliphatic heterocycles. The second kappa shape index (κ2) is 5.80. The van der Waals surface area contributed by atoms with Crippen molar-refractivity contribution >= 4 is 29.1 Å². The fraction of sp³-hybridized carbons (Fsp3) is 0.364. The first-order valence-corrected chi connectivity index (χ1v) is 5.73. The third kappa shape index (κ3) is 5.14. The Kier molecular flexibility index (Phi) is 4.87. The molecule has 0 aromatic heterocycles. The van der Waals surface area contributed by atoms with Crippen molar-refractivity contribution in [3.05, 3.63) is 33.8 Å². The molecule has 0 saturated heterocycles. The van der Waals surface area contributed by atoms with Crippen molar-refractivity contribution in [3.63, 3.8) is 0 Å². The number of hydrogen-bond donors (Lipinski definition) is 1. The minimum Gasteiger partial charge on any atom is -0.349 e. The molecule has 2 nitrogen and oxygen atoms in total. The number of rotatable bonds is 3. The van der Waals surface area contributed by atoms with Crippen LogP contribution in [0.5, 0.6) is 0 Å². The van der Waals surface area contributed by atoms with Gasteiger partial charge < -0.3 is 5.32 Å². The smallest absolute Gasteiger partial charge is 0.349 e. The number of nitrogens with one attached hydrogen (secondary N) is 1. The minimum atomic E-state index is -4.40. The van der Waals surface area contributed by atoms with Gasteiger partial charge in [-0.3, -0.25) is 4.79 Å². The quantitative estimate of drug-likeness (QED) is 0.893. The van der Waals surface area contributed by atoms with Crippen molar-refractivity contribution in [3.8, 4) is 0 Å². The molecular weight excluding hydrogens is 290 g/mol. The zero-order valence-electron chi connectivity index (χ0n) is 9.31. The van der Waals surface area contributed by atoms with E-state index in [0.717, 1.165) is 6.92 Å². The average Bonchev–Trinajstić information content (AvgIpc) is 2.11. The Bertz CT molecular complexity index is 428. The van der Waals surface area contributed by atoms with Crippen LogP contribution in [0.3, 0.4) is 0 Å². The number of carbonyl (C=O) groups excluding carboxylic acids is 1. The first-order valence-electron chi connectivity index (χ1n) is 4.97. The lowest BCUT2D eigenvalue weighted by Gasteiger charge is -2.20. The summed E-state index contributed by atoms with van der Waals surface area (Å²) in [5.41, 5.74) is 0.222. The molecule has 0 saturated carbocycles. The lowest BCUT2D eigenvalue weighted by atomic mass is 10.0. The molecule has 18 heavy (non-hydrogen) atoms. The molecule has 0 bridgehead atoms. The van der Waals surface area contributed by atoms with Crippen molar-refractivity contribution in [2.75, 3.05) is 0 Å². The number of benzene rings is 1. The topological polar surface area (TPSA) is 29.1 Å². The van der Waals surface area contributed by atoms with Crippen molar-refractivity contribution in [1.82, 2.24) is 5.32 Å². The van der Waals surface area contributed by atoms with E-state index in [1.807, 2.05) is 0 Å². The van der Waals surface area contributed by atoms with E-state index in [-0.39, 0.29) is 15.6 Å². The number of amides is 1. The summed E-state index contributed by atoms with van der Waals surface area (Å²) < 4.78 is 37.3. The second-order valence-corrected chi connectivity index (χ2v) is 4.65. The van der Waals surface area contributed by atoms with E-state index >= 15 is 0 Å². The fourth-order valence-electron chi connectivity index (χ4n) is 1.51. The van der Waals surface area contributed by atoms with Gasteiger partial charge >= 0.3 is 6.18 Å². The Morgan fingerprint density at radius 1 is 1.28 bits per heavy atom. The largest absolute Gasteiger partial charge is 0.391 e. The maximum Gasteiger partial charge on any atom is 0.391 e. The second-order valence-electron chi connectivity index (χ2n) is 3.78. The monoisotopic (exact) mass is 299 g/mol.